The monoisotopic (exact) mass is 383 g/mol. The number of amides is 2. The molecule has 1 aliphatic heterocycles. The van der Waals surface area contributed by atoms with E-state index in [0.29, 0.717) is 17.1 Å². The highest BCUT2D eigenvalue weighted by molar-refractivity contribution is 7.17. The molecule has 1 aromatic heterocycles. The number of rotatable bonds is 6. The lowest BCUT2D eigenvalue weighted by Gasteiger charge is -2.26. The van der Waals surface area contributed by atoms with Crippen molar-refractivity contribution in [1.82, 2.24) is 10.2 Å². The first-order chi connectivity index (χ1) is 12.4. The Morgan fingerprint density at radius 1 is 1.19 bits per heavy atom. The second kappa shape index (κ2) is 9.65. The van der Waals surface area contributed by atoms with Crippen LogP contribution in [-0.4, -0.2) is 69.2 Å². The Kier molecular flexibility index (Phi) is 7.55. The zero-order valence-corrected chi connectivity index (χ0v) is 16.2. The van der Waals surface area contributed by atoms with Gasteiger partial charge in [-0.1, -0.05) is 0 Å². The van der Waals surface area contributed by atoms with E-state index in [2.05, 4.69) is 15.5 Å². The van der Waals surface area contributed by atoms with Gasteiger partial charge in [0, 0.05) is 24.5 Å². The summed E-state index contributed by atoms with van der Waals surface area (Å²) < 4.78 is 10.0. The van der Waals surface area contributed by atoms with Crippen LogP contribution < -0.4 is 10.6 Å². The fraction of sp³-hybridized carbons (Fsp3) is 0.588. The van der Waals surface area contributed by atoms with Gasteiger partial charge in [0.2, 0.25) is 0 Å². The second-order valence-electron chi connectivity index (χ2n) is 6.00. The van der Waals surface area contributed by atoms with E-state index in [1.54, 1.807) is 6.92 Å². The number of anilines is 1. The van der Waals surface area contributed by atoms with Crippen molar-refractivity contribution in [1.29, 1.82) is 0 Å². The summed E-state index contributed by atoms with van der Waals surface area (Å²) in [6.45, 7) is 8.13. The lowest BCUT2D eigenvalue weighted by atomic mass is 10.1. The topological polar surface area (TPSA) is 97.0 Å². The highest BCUT2D eigenvalue weighted by Crippen LogP contribution is 2.32. The SMILES string of the molecule is COC(=O)c1c(NC(=O)C(=O)NCCCN2CCOCC2)sc(C)c1C. The lowest BCUT2D eigenvalue weighted by Crippen LogP contribution is -2.39. The number of aryl methyl sites for hydroxylation is 1. The first kappa shape index (κ1) is 20.3. The number of carbonyl (C=O) groups is 3. The van der Waals surface area contributed by atoms with Crippen LogP contribution in [0.4, 0.5) is 5.00 Å². The maximum absolute atomic E-state index is 12.1. The number of hydrogen-bond donors (Lipinski definition) is 2. The van der Waals surface area contributed by atoms with Gasteiger partial charge in [-0.25, -0.2) is 4.79 Å². The van der Waals surface area contributed by atoms with E-state index in [4.69, 9.17) is 9.47 Å². The van der Waals surface area contributed by atoms with Crippen LogP contribution in [0.1, 0.15) is 27.2 Å². The van der Waals surface area contributed by atoms with Gasteiger partial charge < -0.3 is 20.1 Å². The van der Waals surface area contributed by atoms with E-state index in [-0.39, 0.29) is 0 Å². The maximum atomic E-state index is 12.1. The third kappa shape index (κ3) is 5.26. The molecule has 0 saturated carbocycles. The summed E-state index contributed by atoms with van der Waals surface area (Å²) in [6, 6.07) is 0. The van der Waals surface area contributed by atoms with Crippen molar-refractivity contribution >= 4 is 34.1 Å². The molecule has 2 amide bonds. The highest BCUT2D eigenvalue weighted by atomic mass is 32.1. The Morgan fingerprint density at radius 2 is 1.88 bits per heavy atom. The number of nitrogens with one attached hydrogen (secondary N) is 2. The second-order valence-corrected chi connectivity index (χ2v) is 7.22. The average Bonchev–Trinajstić information content (AvgIpc) is 2.92. The molecule has 2 heterocycles. The Labute approximate surface area is 156 Å². The molecule has 1 saturated heterocycles. The van der Waals surface area contributed by atoms with Gasteiger partial charge in [0.05, 0.1) is 25.9 Å². The summed E-state index contributed by atoms with van der Waals surface area (Å²) in [5, 5.41) is 5.46. The van der Waals surface area contributed by atoms with Gasteiger partial charge >= 0.3 is 17.8 Å². The smallest absolute Gasteiger partial charge is 0.341 e. The predicted molar refractivity (Wildman–Crippen MR) is 98.6 cm³/mol. The van der Waals surface area contributed by atoms with Crippen LogP contribution in [0, 0.1) is 13.8 Å². The van der Waals surface area contributed by atoms with Gasteiger partial charge in [-0.2, -0.15) is 0 Å². The van der Waals surface area contributed by atoms with Gasteiger partial charge in [0.15, 0.2) is 0 Å². The summed E-state index contributed by atoms with van der Waals surface area (Å²) >= 11 is 1.25. The van der Waals surface area contributed by atoms with Crippen LogP contribution in [0.15, 0.2) is 0 Å². The number of hydrogen-bond acceptors (Lipinski definition) is 7. The summed E-state index contributed by atoms with van der Waals surface area (Å²) in [5.74, 6) is -2.04. The van der Waals surface area contributed by atoms with Crippen molar-refractivity contribution in [3.8, 4) is 0 Å². The number of ether oxygens (including phenoxy) is 2. The fourth-order valence-corrected chi connectivity index (χ4v) is 3.68. The molecule has 0 radical (unpaired) electrons. The fourth-order valence-electron chi connectivity index (χ4n) is 2.63. The number of esters is 1. The van der Waals surface area contributed by atoms with Crippen LogP contribution in [0.3, 0.4) is 0 Å². The normalized spacial score (nSPS) is 14.7. The maximum Gasteiger partial charge on any atom is 0.341 e. The van der Waals surface area contributed by atoms with Gasteiger partial charge in [0.25, 0.3) is 0 Å². The van der Waals surface area contributed by atoms with Gasteiger partial charge in [-0.05, 0) is 32.4 Å². The molecule has 1 fully saturated rings. The molecule has 0 aromatic carbocycles. The van der Waals surface area contributed by atoms with Crippen LogP contribution in [0.5, 0.6) is 0 Å². The molecule has 1 aromatic rings. The molecule has 1 aliphatic rings. The van der Waals surface area contributed by atoms with Crippen LogP contribution >= 0.6 is 11.3 Å². The summed E-state index contributed by atoms with van der Waals surface area (Å²) in [6.07, 6.45) is 0.754. The summed E-state index contributed by atoms with van der Waals surface area (Å²) in [5.41, 5.74) is 1.03. The molecule has 9 heteroatoms. The lowest BCUT2D eigenvalue weighted by molar-refractivity contribution is -0.136. The Hall–Kier alpha value is -1.97. The molecule has 144 valence electrons. The number of carbonyl (C=O) groups excluding carboxylic acids is 3. The highest BCUT2D eigenvalue weighted by Gasteiger charge is 2.23. The Bertz CT molecular complexity index is 668. The van der Waals surface area contributed by atoms with Crippen molar-refractivity contribution in [2.24, 2.45) is 0 Å². The number of methoxy groups -OCH3 is 1. The molecule has 0 atom stereocenters. The molecule has 0 unspecified atom stereocenters. The molecule has 0 spiro atoms. The number of morpholine rings is 1. The minimum atomic E-state index is -0.789. The largest absolute Gasteiger partial charge is 0.465 e. The molecule has 0 aliphatic carbocycles. The third-order valence-electron chi connectivity index (χ3n) is 4.25. The van der Waals surface area contributed by atoms with Crippen molar-refractivity contribution in [3.05, 3.63) is 16.0 Å². The Balaban J connectivity index is 1.82. The van der Waals surface area contributed by atoms with Crippen LogP contribution in [-0.2, 0) is 19.1 Å². The van der Waals surface area contributed by atoms with E-state index in [9.17, 15) is 14.4 Å². The average molecular weight is 383 g/mol. The number of nitrogens with zero attached hydrogens (tertiary/aromatic N) is 1. The summed E-state index contributed by atoms with van der Waals surface area (Å²) in [4.78, 5) is 39.1. The molecule has 2 rings (SSSR count). The molecular formula is C17H25N3O5S. The first-order valence-corrected chi connectivity index (χ1v) is 9.33. The Morgan fingerprint density at radius 3 is 2.54 bits per heavy atom. The van der Waals surface area contributed by atoms with Gasteiger partial charge in [-0.3, -0.25) is 14.5 Å². The van der Waals surface area contributed by atoms with Crippen molar-refractivity contribution in [2.45, 2.75) is 20.3 Å². The van der Waals surface area contributed by atoms with E-state index in [0.717, 1.165) is 49.7 Å². The third-order valence-corrected chi connectivity index (χ3v) is 5.37. The van der Waals surface area contributed by atoms with Gasteiger partial charge in [0.1, 0.15) is 5.00 Å². The van der Waals surface area contributed by atoms with Crippen molar-refractivity contribution in [2.75, 3.05) is 51.8 Å². The molecule has 2 N–H and O–H groups in total. The van der Waals surface area contributed by atoms with E-state index in [1.165, 1.54) is 18.4 Å². The molecule has 0 bridgehead atoms. The number of thiophene rings is 1. The van der Waals surface area contributed by atoms with E-state index >= 15 is 0 Å². The van der Waals surface area contributed by atoms with Crippen molar-refractivity contribution in [3.63, 3.8) is 0 Å². The molecule has 8 nitrogen and oxygen atoms in total. The first-order valence-electron chi connectivity index (χ1n) is 8.51. The molecule has 26 heavy (non-hydrogen) atoms. The van der Waals surface area contributed by atoms with E-state index < -0.39 is 17.8 Å². The summed E-state index contributed by atoms with van der Waals surface area (Å²) in [7, 11) is 1.28. The van der Waals surface area contributed by atoms with Gasteiger partial charge in [-0.15, -0.1) is 11.3 Å². The minimum Gasteiger partial charge on any atom is -0.465 e. The zero-order valence-electron chi connectivity index (χ0n) is 15.3. The van der Waals surface area contributed by atoms with Crippen molar-refractivity contribution < 1.29 is 23.9 Å². The predicted octanol–water partition coefficient (Wildman–Crippen LogP) is 0.929. The quantitative estimate of drug-likeness (QED) is 0.431. The zero-order chi connectivity index (χ0) is 19.1. The van der Waals surface area contributed by atoms with Crippen LogP contribution in [0.25, 0.3) is 0 Å². The van der Waals surface area contributed by atoms with E-state index in [1.807, 2.05) is 6.92 Å². The standard InChI is InChI=1S/C17H25N3O5S/c1-11-12(2)26-16(13(11)17(23)24-3)19-15(22)14(21)18-5-4-6-20-7-9-25-10-8-20/h4-10H2,1-3H3,(H,18,21)(H,19,22). The molecular weight excluding hydrogens is 358 g/mol. The minimum absolute atomic E-state index is 0.295. The van der Waals surface area contributed by atoms with Crippen LogP contribution in [0.2, 0.25) is 0 Å².